The molecule has 0 spiro atoms. The minimum absolute atomic E-state index is 0.0211. The number of hydrogen-bond donors (Lipinski definition) is 0. The molecule has 8 rings (SSSR count). The molecule has 1 aromatic heterocycles. The summed E-state index contributed by atoms with van der Waals surface area (Å²) in [5, 5.41) is 2.29. The zero-order valence-electron chi connectivity index (χ0n) is 26.6. The maximum Gasteiger partial charge on any atom is 0.164 e. The first-order valence-electron chi connectivity index (χ1n) is 16.0. The summed E-state index contributed by atoms with van der Waals surface area (Å²) in [6.45, 7) is 9.55. The molecule has 0 N–H and O–H groups in total. The molecule has 0 radical (unpaired) electrons. The van der Waals surface area contributed by atoms with Crippen LogP contribution < -0.4 is 0 Å². The van der Waals surface area contributed by atoms with Crippen LogP contribution in [0.3, 0.4) is 0 Å². The maximum absolute atomic E-state index is 5.04. The normalized spacial score (nSPS) is 14.4. The molecule has 0 fully saturated rings. The smallest absolute Gasteiger partial charge is 0.164 e. The van der Waals surface area contributed by atoms with Crippen LogP contribution in [0.2, 0.25) is 0 Å². The molecule has 3 nitrogen and oxygen atoms in total. The minimum Gasteiger partial charge on any atom is -0.208 e. The van der Waals surface area contributed by atoms with Gasteiger partial charge in [-0.3, -0.25) is 0 Å². The Balaban J connectivity index is 1.31. The van der Waals surface area contributed by atoms with Gasteiger partial charge in [-0.05, 0) is 61.0 Å². The van der Waals surface area contributed by atoms with Gasteiger partial charge in [-0.2, -0.15) is 0 Å². The molecule has 6 aromatic carbocycles. The molecular weight excluding hydrogens is 558 g/mol. The van der Waals surface area contributed by atoms with Crippen LogP contribution in [0.5, 0.6) is 0 Å². The van der Waals surface area contributed by atoms with Crippen molar-refractivity contribution in [3.05, 3.63) is 151 Å². The number of fused-ring (bicyclic) bond motifs is 4. The van der Waals surface area contributed by atoms with Crippen molar-refractivity contribution >= 4 is 10.8 Å². The van der Waals surface area contributed by atoms with Crippen molar-refractivity contribution < 1.29 is 0 Å². The molecule has 1 heterocycles. The molecule has 1 aliphatic rings. The number of rotatable bonds is 4. The molecule has 0 atom stereocenters. The quantitative estimate of drug-likeness (QED) is 0.204. The highest BCUT2D eigenvalue weighted by Gasteiger charge is 2.45. The van der Waals surface area contributed by atoms with E-state index in [0.717, 1.165) is 22.1 Å². The lowest BCUT2D eigenvalue weighted by Crippen LogP contribution is -2.43. The molecule has 222 valence electrons. The van der Waals surface area contributed by atoms with Gasteiger partial charge in [0.05, 0.1) is 0 Å². The Morgan fingerprint density at radius 2 is 0.826 bits per heavy atom. The van der Waals surface area contributed by atoms with E-state index in [1.54, 1.807) is 0 Å². The fourth-order valence-corrected chi connectivity index (χ4v) is 7.09. The first kappa shape index (κ1) is 28.1. The van der Waals surface area contributed by atoms with Crippen LogP contribution in [0.4, 0.5) is 0 Å². The highest BCUT2D eigenvalue weighted by Crippen LogP contribution is 2.54. The molecule has 0 aliphatic heterocycles. The third-order valence-corrected chi connectivity index (χ3v) is 10.3. The molecule has 0 saturated heterocycles. The topological polar surface area (TPSA) is 38.7 Å². The van der Waals surface area contributed by atoms with Crippen molar-refractivity contribution in [2.24, 2.45) is 0 Å². The fourth-order valence-electron chi connectivity index (χ4n) is 7.09. The Morgan fingerprint density at radius 1 is 0.348 bits per heavy atom. The van der Waals surface area contributed by atoms with Gasteiger partial charge in [0.1, 0.15) is 0 Å². The SMILES string of the molecule is CC1(C)c2ccccc2-c2ccc(-c3cccc4c(-c5nc(-c6ccccc6)nc(-c6ccccc6)n5)cccc34)cc2C1(C)C. The first-order chi connectivity index (χ1) is 22.3. The second-order valence-electron chi connectivity index (χ2n) is 13.3. The van der Waals surface area contributed by atoms with Crippen molar-refractivity contribution in [2.45, 2.75) is 38.5 Å². The highest BCUT2D eigenvalue weighted by molar-refractivity contribution is 6.04. The summed E-state index contributed by atoms with van der Waals surface area (Å²) in [5.41, 5.74) is 10.7. The van der Waals surface area contributed by atoms with Crippen molar-refractivity contribution in [2.75, 3.05) is 0 Å². The van der Waals surface area contributed by atoms with Gasteiger partial charge in [-0.25, -0.2) is 15.0 Å². The number of benzene rings is 6. The summed E-state index contributed by atoms with van der Waals surface area (Å²) in [6.07, 6.45) is 0. The summed E-state index contributed by atoms with van der Waals surface area (Å²) < 4.78 is 0. The summed E-state index contributed by atoms with van der Waals surface area (Å²) in [7, 11) is 0. The lowest BCUT2D eigenvalue weighted by atomic mass is 9.55. The van der Waals surface area contributed by atoms with Gasteiger partial charge < -0.3 is 0 Å². The monoisotopic (exact) mass is 593 g/mol. The zero-order valence-corrected chi connectivity index (χ0v) is 26.6. The molecule has 1 aliphatic carbocycles. The number of nitrogens with zero attached hydrogens (tertiary/aromatic N) is 3. The maximum atomic E-state index is 5.04. The van der Waals surface area contributed by atoms with Gasteiger partial charge in [-0.15, -0.1) is 0 Å². The van der Waals surface area contributed by atoms with Crippen LogP contribution in [-0.4, -0.2) is 15.0 Å². The van der Waals surface area contributed by atoms with Crippen LogP contribution in [-0.2, 0) is 10.8 Å². The van der Waals surface area contributed by atoms with E-state index in [1.807, 2.05) is 60.7 Å². The van der Waals surface area contributed by atoms with Crippen LogP contribution in [0, 0.1) is 0 Å². The van der Waals surface area contributed by atoms with Gasteiger partial charge in [0.25, 0.3) is 0 Å². The summed E-state index contributed by atoms with van der Waals surface area (Å²) >= 11 is 0. The molecular formula is C43H35N3. The molecule has 46 heavy (non-hydrogen) atoms. The third-order valence-electron chi connectivity index (χ3n) is 10.3. The molecule has 0 unspecified atom stereocenters. The Bertz CT molecular complexity index is 2190. The fraction of sp³-hybridized carbons (Fsp3) is 0.140. The van der Waals surface area contributed by atoms with E-state index >= 15 is 0 Å². The Morgan fingerprint density at radius 3 is 1.48 bits per heavy atom. The average Bonchev–Trinajstić information content (AvgIpc) is 3.11. The third kappa shape index (κ3) is 4.38. The summed E-state index contributed by atoms with van der Waals surface area (Å²) in [4.78, 5) is 15.0. The standard InChI is InChI=1S/C43H35N3/c1-42(2)37-24-12-11-19-34(37)35-26-25-30(27-38(35)43(42,3)4)31-20-13-22-33-32(31)21-14-23-36(33)41-45-39(28-15-7-5-8-16-28)44-40(46-41)29-17-9-6-10-18-29/h5-27H,1-4H3. The van der Waals surface area contributed by atoms with E-state index in [4.69, 9.17) is 15.0 Å². The van der Waals surface area contributed by atoms with E-state index in [9.17, 15) is 0 Å². The van der Waals surface area contributed by atoms with E-state index in [0.29, 0.717) is 17.5 Å². The molecule has 7 aromatic rings. The molecule has 0 bridgehead atoms. The van der Waals surface area contributed by atoms with Crippen LogP contribution in [0.15, 0.2) is 140 Å². The number of hydrogen-bond acceptors (Lipinski definition) is 3. The van der Waals surface area contributed by atoms with Crippen molar-refractivity contribution in [3.8, 4) is 56.4 Å². The molecule has 0 saturated carbocycles. The summed E-state index contributed by atoms with van der Waals surface area (Å²) in [5.74, 6) is 2.00. The van der Waals surface area contributed by atoms with Crippen molar-refractivity contribution in [1.29, 1.82) is 0 Å². The Labute approximate surface area is 270 Å². The first-order valence-corrected chi connectivity index (χ1v) is 16.0. The van der Waals surface area contributed by atoms with Gasteiger partial charge in [-0.1, -0.05) is 161 Å². The van der Waals surface area contributed by atoms with Crippen LogP contribution in [0.1, 0.15) is 38.8 Å². The van der Waals surface area contributed by atoms with E-state index in [1.165, 1.54) is 38.8 Å². The Kier molecular flexibility index (Phi) is 6.47. The van der Waals surface area contributed by atoms with E-state index in [2.05, 4.69) is 107 Å². The van der Waals surface area contributed by atoms with Crippen LogP contribution >= 0.6 is 0 Å². The van der Waals surface area contributed by atoms with Gasteiger partial charge in [0.2, 0.25) is 0 Å². The summed E-state index contributed by atoms with van der Waals surface area (Å²) in [6, 6.07) is 49.3. The lowest BCUT2D eigenvalue weighted by molar-refractivity contribution is 0.299. The predicted molar refractivity (Wildman–Crippen MR) is 191 cm³/mol. The second kappa shape index (κ2) is 10.6. The second-order valence-corrected chi connectivity index (χ2v) is 13.3. The van der Waals surface area contributed by atoms with Crippen LogP contribution in [0.25, 0.3) is 67.2 Å². The molecule has 0 amide bonds. The van der Waals surface area contributed by atoms with Gasteiger partial charge >= 0.3 is 0 Å². The largest absolute Gasteiger partial charge is 0.208 e. The lowest BCUT2D eigenvalue weighted by Gasteiger charge is -2.48. The predicted octanol–water partition coefficient (Wildman–Crippen LogP) is 10.9. The van der Waals surface area contributed by atoms with E-state index in [-0.39, 0.29) is 10.8 Å². The average molecular weight is 594 g/mol. The van der Waals surface area contributed by atoms with Crippen molar-refractivity contribution in [3.63, 3.8) is 0 Å². The zero-order chi connectivity index (χ0) is 31.5. The minimum atomic E-state index is -0.0605. The molecule has 3 heteroatoms. The van der Waals surface area contributed by atoms with Gasteiger partial charge in [0, 0.05) is 16.7 Å². The number of aromatic nitrogens is 3. The highest BCUT2D eigenvalue weighted by atomic mass is 15.0. The van der Waals surface area contributed by atoms with E-state index < -0.39 is 0 Å². The van der Waals surface area contributed by atoms with Crippen molar-refractivity contribution in [1.82, 2.24) is 15.0 Å². The Hall–Kier alpha value is -5.41. The van der Waals surface area contributed by atoms with Gasteiger partial charge in [0.15, 0.2) is 17.5 Å².